The summed E-state index contributed by atoms with van der Waals surface area (Å²) in [5.41, 5.74) is 6.80. The molecular formula is C22H20ClF3N4O4S. The number of anilines is 1. The number of benzene rings is 2. The molecule has 13 heteroatoms. The van der Waals surface area contributed by atoms with E-state index in [0.29, 0.717) is 25.0 Å². The molecule has 0 saturated heterocycles. The Labute approximate surface area is 203 Å². The number of nitrogens with zero attached hydrogens (tertiary/aromatic N) is 3. The van der Waals surface area contributed by atoms with Gasteiger partial charge >= 0.3 is 0 Å². The number of nitrogens with one attached hydrogen (secondary N) is 1. The number of aliphatic hydroxyl groups is 1. The van der Waals surface area contributed by atoms with Crippen LogP contribution in [0.15, 0.2) is 40.3 Å². The van der Waals surface area contributed by atoms with E-state index >= 15 is 0 Å². The number of rotatable bonds is 6. The van der Waals surface area contributed by atoms with E-state index in [1.807, 2.05) is 0 Å². The van der Waals surface area contributed by atoms with Crippen LogP contribution in [0.25, 0.3) is 10.4 Å². The van der Waals surface area contributed by atoms with Gasteiger partial charge in [-0.2, -0.15) is 0 Å². The van der Waals surface area contributed by atoms with E-state index in [4.69, 9.17) is 17.1 Å². The summed E-state index contributed by atoms with van der Waals surface area (Å²) < 4.78 is 67.4. The van der Waals surface area contributed by atoms with Crippen LogP contribution in [-0.2, 0) is 9.84 Å². The highest BCUT2D eigenvalue weighted by molar-refractivity contribution is 7.92. The molecule has 2 unspecified atom stereocenters. The molecule has 0 radical (unpaired) electrons. The molecule has 4 rings (SSSR count). The Morgan fingerprint density at radius 2 is 1.77 bits per heavy atom. The fourth-order valence-corrected chi connectivity index (χ4v) is 8.12. The van der Waals surface area contributed by atoms with Crippen molar-refractivity contribution in [2.24, 2.45) is 17.0 Å². The first kappa shape index (κ1) is 25.3. The second kappa shape index (κ2) is 9.34. The number of sulfone groups is 1. The minimum atomic E-state index is -4.04. The van der Waals surface area contributed by atoms with Gasteiger partial charge in [-0.15, -0.1) is 0 Å². The van der Waals surface area contributed by atoms with E-state index in [9.17, 15) is 31.5 Å². The first-order valence-electron chi connectivity index (χ1n) is 10.7. The molecule has 2 saturated carbocycles. The van der Waals surface area contributed by atoms with Gasteiger partial charge < -0.3 is 10.4 Å². The Balaban J connectivity index is 1.61. The highest BCUT2D eigenvalue weighted by Gasteiger charge is 2.54. The van der Waals surface area contributed by atoms with Crippen LogP contribution in [0.4, 0.5) is 18.9 Å². The van der Waals surface area contributed by atoms with Crippen molar-refractivity contribution < 1.29 is 31.5 Å². The Bertz CT molecular complexity index is 1310. The number of carbonyl (C=O) groups is 1. The van der Waals surface area contributed by atoms with Gasteiger partial charge in [-0.3, -0.25) is 4.79 Å². The molecule has 0 aromatic heterocycles. The summed E-state index contributed by atoms with van der Waals surface area (Å²) in [6.45, 7) is -0.149. The van der Waals surface area contributed by atoms with Crippen molar-refractivity contribution in [2.45, 2.75) is 41.4 Å². The molecule has 8 nitrogen and oxygen atoms in total. The van der Waals surface area contributed by atoms with Crippen LogP contribution in [-0.4, -0.2) is 36.8 Å². The molecule has 0 spiro atoms. The van der Waals surface area contributed by atoms with Gasteiger partial charge in [0.15, 0.2) is 27.3 Å². The molecule has 2 aromatic rings. The topological polar surface area (TPSA) is 132 Å². The zero-order chi connectivity index (χ0) is 25.5. The molecular weight excluding hydrogens is 509 g/mol. The third-order valence-corrected chi connectivity index (χ3v) is 9.53. The largest absolute Gasteiger partial charge is 0.390 e. The molecule has 2 fully saturated rings. The van der Waals surface area contributed by atoms with Gasteiger partial charge in [0.1, 0.15) is 0 Å². The third kappa shape index (κ3) is 4.84. The highest BCUT2D eigenvalue weighted by atomic mass is 35.5. The lowest BCUT2D eigenvalue weighted by Crippen LogP contribution is -2.47. The monoisotopic (exact) mass is 528 g/mol. The maximum atomic E-state index is 13.6. The Hall–Kier alpha value is -2.79. The van der Waals surface area contributed by atoms with Crippen molar-refractivity contribution in [3.05, 3.63) is 68.8 Å². The second-order valence-electron chi connectivity index (χ2n) is 8.98. The average molecular weight is 529 g/mol. The molecule has 2 atom stereocenters. The fraction of sp³-hybridized carbons (Fsp3) is 0.409. The predicted octanol–water partition coefficient (Wildman–Crippen LogP) is 5.01. The van der Waals surface area contributed by atoms with E-state index in [0.717, 1.165) is 6.07 Å². The summed E-state index contributed by atoms with van der Waals surface area (Å²) in [4.78, 5) is 15.1. The van der Waals surface area contributed by atoms with Crippen LogP contribution in [0.5, 0.6) is 0 Å². The van der Waals surface area contributed by atoms with E-state index in [2.05, 4.69) is 15.3 Å². The number of hydrogen-bond donors (Lipinski definition) is 2. The summed E-state index contributed by atoms with van der Waals surface area (Å²) in [6, 6.07) is 4.77. The molecule has 2 aliphatic rings. The lowest BCUT2D eigenvalue weighted by molar-refractivity contribution is -0.0105. The Morgan fingerprint density at radius 1 is 1.17 bits per heavy atom. The van der Waals surface area contributed by atoms with Crippen molar-refractivity contribution in [3.8, 4) is 0 Å². The minimum Gasteiger partial charge on any atom is -0.390 e. The van der Waals surface area contributed by atoms with Crippen molar-refractivity contribution in [3.63, 3.8) is 0 Å². The van der Waals surface area contributed by atoms with Gasteiger partial charge in [-0.1, -0.05) is 16.7 Å². The standard InChI is InChI=1S/C22H20ClF3N4O4S/c23-15-4-3-11(21(31)29-14-6-16(24)19(26)17(25)7-14)5-18(15)35(33,34)20-12-1-2-13(20)9-22(32,8-12)10-28-30-27/h3-7,12-13,20,32H,1-2,8-10H2,(H,29,31)/t12?,13?,20-,22-. The lowest BCUT2D eigenvalue weighted by atomic mass is 9.77. The number of carbonyl (C=O) groups excluding carboxylic acids is 1. The van der Waals surface area contributed by atoms with E-state index in [-0.39, 0.29) is 40.6 Å². The normalized spacial score (nSPS) is 25.7. The summed E-state index contributed by atoms with van der Waals surface area (Å²) in [6.07, 6.45) is 1.41. The van der Waals surface area contributed by atoms with Gasteiger partial charge in [0, 0.05) is 28.3 Å². The first-order valence-corrected chi connectivity index (χ1v) is 12.6. The van der Waals surface area contributed by atoms with Crippen LogP contribution in [0, 0.1) is 29.3 Å². The first-order chi connectivity index (χ1) is 16.4. The van der Waals surface area contributed by atoms with E-state index < -0.39 is 55.9 Å². The smallest absolute Gasteiger partial charge is 0.255 e. The summed E-state index contributed by atoms with van der Waals surface area (Å²) >= 11 is 6.21. The van der Waals surface area contributed by atoms with Gasteiger partial charge in [0.2, 0.25) is 0 Å². The zero-order valence-corrected chi connectivity index (χ0v) is 19.7. The quantitative estimate of drug-likeness (QED) is 0.236. The van der Waals surface area contributed by atoms with Crippen molar-refractivity contribution in [2.75, 3.05) is 11.9 Å². The molecule has 1 amide bonds. The third-order valence-electron chi connectivity index (χ3n) is 6.65. The number of fused-ring (bicyclic) bond motifs is 2. The number of amides is 1. The summed E-state index contributed by atoms with van der Waals surface area (Å²) in [5, 5.41) is 15.5. The SMILES string of the molecule is [N-]=[N+]=NC[C@]1(O)CC2CCC(C1)[C@H]2S(=O)(=O)c1cc(C(=O)Nc2cc(F)c(F)c(F)c2)ccc1Cl. The highest BCUT2D eigenvalue weighted by Crippen LogP contribution is 2.51. The zero-order valence-electron chi connectivity index (χ0n) is 18.1. The van der Waals surface area contributed by atoms with Crippen molar-refractivity contribution in [1.29, 1.82) is 0 Å². The molecule has 186 valence electrons. The van der Waals surface area contributed by atoms with E-state index in [1.165, 1.54) is 12.1 Å². The van der Waals surface area contributed by atoms with Gasteiger partial charge in [0.05, 0.1) is 27.3 Å². The molecule has 2 N–H and O–H groups in total. The molecule has 0 heterocycles. The maximum Gasteiger partial charge on any atom is 0.255 e. The summed E-state index contributed by atoms with van der Waals surface area (Å²) in [5.74, 6) is -6.33. The van der Waals surface area contributed by atoms with Crippen LogP contribution in [0.1, 0.15) is 36.0 Å². The van der Waals surface area contributed by atoms with Crippen molar-refractivity contribution in [1.82, 2.24) is 0 Å². The molecule has 0 aliphatic heterocycles. The number of azide groups is 1. The molecule has 2 bridgehead atoms. The minimum absolute atomic E-state index is 0.102. The van der Waals surface area contributed by atoms with E-state index in [1.54, 1.807) is 0 Å². The van der Waals surface area contributed by atoms with Gasteiger partial charge in [-0.25, -0.2) is 21.6 Å². The number of halogens is 4. The second-order valence-corrected chi connectivity index (χ2v) is 11.5. The average Bonchev–Trinajstić information content (AvgIpc) is 3.09. The fourth-order valence-electron chi connectivity index (χ4n) is 5.28. The van der Waals surface area contributed by atoms with Crippen LogP contribution in [0.2, 0.25) is 5.02 Å². The van der Waals surface area contributed by atoms with Crippen LogP contribution < -0.4 is 5.32 Å². The summed E-state index contributed by atoms with van der Waals surface area (Å²) in [7, 11) is -4.04. The van der Waals surface area contributed by atoms with Gasteiger partial charge in [-0.05, 0) is 61.2 Å². The van der Waals surface area contributed by atoms with Crippen LogP contribution >= 0.6 is 11.6 Å². The Morgan fingerprint density at radius 3 is 2.34 bits per heavy atom. The predicted molar refractivity (Wildman–Crippen MR) is 121 cm³/mol. The maximum absolute atomic E-state index is 13.6. The Kier molecular flexibility index (Phi) is 6.76. The number of hydrogen-bond acceptors (Lipinski definition) is 5. The van der Waals surface area contributed by atoms with Crippen LogP contribution in [0.3, 0.4) is 0 Å². The molecule has 2 aliphatic carbocycles. The lowest BCUT2D eigenvalue weighted by Gasteiger charge is -2.40. The van der Waals surface area contributed by atoms with Crippen molar-refractivity contribution >= 4 is 33.0 Å². The van der Waals surface area contributed by atoms with Gasteiger partial charge in [0.25, 0.3) is 5.91 Å². The molecule has 2 aromatic carbocycles. The molecule has 35 heavy (non-hydrogen) atoms.